The summed E-state index contributed by atoms with van der Waals surface area (Å²) in [4.78, 5) is 0. The van der Waals surface area contributed by atoms with Gasteiger partial charge in [0, 0.05) is 12.2 Å². The highest BCUT2D eigenvalue weighted by atomic mass is 14.9. The number of hydrogen-bond donors (Lipinski definition) is 1. The van der Waals surface area contributed by atoms with Crippen molar-refractivity contribution in [3.8, 4) is 0 Å². The summed E-state index contributed by atoms with van der Waals surface area (Å²) in [5, 5.41) is 3.54. The van der Waals surface area contributed by atoms with Crippen LogP contribution in [0.5, 0.6) is 0 Å². The van der Waals surface area contributed by atoms with Crippen molar-refractivity contribution in [3.05, 3.63) is 60.9 Å². The first-order chi connectivity index (χ1) is 20.4. The molecular weight excluding hydrogens is 506 g/mol. The van der Waals surface area contributed by atoms with Crippen LogP contribution >= 0.6 is 0 Å². The standard InChI is InChI=1S/C41H75N/c1-8-9-10-11-24-27-30-35-42-41(7)34-33-39(5)40(6)36-38(4)32-29-26-23-21-19-17-15-13-12-14-16-18-20-22-25-28-31-37(2)3/h8,36,39,42H,1-2,6-7,9-35H2,3-5H3/b38-36+/t39-/m0/s1. The van der Waals surface area contributed by atoms with Crippen molar-refractivity contribution in [3.63, 3.8) is 0 Å². The number of nitrogens with one attached hydrogen (secondary N) is 1. The first kappa shape index (κ1) is 40.5. The SMILES string of the molecule is C=CCCCCCCCNC(=C)CC[C@H](C)C(=C)/C=C(\C)CCCCCCCCCCCCCCCCCCC(=C)C. The lowest BCUT2D eigenvalue weighted by molar-refractivity contribution is 0.527. The van der Waals surface area contributed by atoms with E-state index in [4.69, 9.17) is 0 Å². The van der Waals surface area contributed by atoms with Gasteiger partial charge in [-0.3, -0.25) is 0 Å². The minimum absolute atomic E-state index is 0.519. The molecule has 244 valence electrons. The molecule has 0 aromatic rings. The Bertz CT molecular complexity index is 696. The fraction of sp³-hybridized carbons (Fsp3) is 0.756. The van der Waals surface area contributed by atoms with Gasteiger partial charge in [0.2, 0.25) is 0 Å². The summed E-state index contributed by atoms with van der Waals surface area (Å²) in [5.74, 6) is 0.519. The van der Waals surface area contributed by atoms with Crippen LogP contribution < -0.4 is 5.32 Å². The third-order valence-electron chi connectivity index (χ3n) is 8.83. The molecule has 0 amide bonds. The minimum atomic E-state index is 0.519. The van der Waals surface area contributed by atoms with Crippen LogP contribution in [0.1, 0.15) is 188 Å². The summed E-state index contributed by atoms with van der Waals surface area (Å²) in [6.07, 6.45) is 39.4. The molecule has 0 spiro atoms. The molecular formula is C41H75N. The molecule has 0 aliphatic rings. The molecule has 42 heavy (non-hydrogen) atoms. The van der Waals surface area contributed by atoms with E-state index in [0.29, 0.717) is 5.92 Å². The third kappa shape index (κ3) is 30.0. The second-order valence-corrected chi connectivity index (χ2v) is 13.5. The molecule has 0 unspecified atom stereocenters. The van der Waals surface area contributed by atoms with E-state index in [1.165, 1.54) is 170 Å². The average molecular weight is 582 g/mol. The van der Waals surface area contributed by atoms with E-state index in [9.17, 15) is 0 Å². The zero-order valence-corrected chi connectivity index (χ0v) is 29.2. The Hall–Kier alpha value is -1.50. The van der Waals surface area contributed by atoms with Crippen molar-refractivity contribution < 1.29 is 0 Å². The van der Waals surface area contributed by atoms with Gasteiger partial charge in [-0.2, -0.15) is 0 Å². The van der Waals surface area contributed by atoms with Crippen LogP contribution in [0.15, 0.2) is 60.9 Å². The Labute approximate surface area is 265 Å². The second kappa shape index (κ2) is 30.9. The fourth-order valence-corrected chi connectivity index (χ4v) is 5.71. The van der Waals surface area contributed by atoms with Crippen LogP contribution in [0.4, 0.5) is 0 Å². The second-order valence-electron chi connectivity index (χ2n) is 13.5. The Balaban J connectivity index is 3.57. The molecule has 0 saturated carbocycles. The van der Waals surface area contributed by atoms with Gasteiger partial charge < -0.3 is 5.32 Å². The Morgan fingerprint density at radius 1 is 0.571 bits per heavy atom. The van der Waals surface area contributed by atoms with Gasteiger partial charge >= 0.3 is 0 Å². The Kier molecular flexibility index (Phi) is 29.8. The quantitative estimate of drug-likeness (QED) is 0.0461. The Morgan fingerprint density at radius 3 is 1.48 bits per heavy atom. The van der Waals surface area contributed by atoms with Gasteiger partial charge in [-0.25, -0.2) is 0 Å². The van der Waals surface area contributed by atoms with Crippen LogP contribution in [0.3, 0.4) is 0 Å². The van der Waals surface area contributed by atoms with Crippen molar-refractivity contribution in [2.24, 2.45) is 5.92 Å². The maximum Gasteiger partial charge on any atom is 0.0143 e. The molecule has 0 radical (unpaired) electrons. The monoisotopic (exact) mass is 582 g/mol. The first-order valence-corrected chi connectivity index (χ1v) is 18.4. The summed E-state index contributed by atoms with van der Waals surface area (Å²) >= 11 is 0. The Morgan fingerprint density at radius 2 is 1.00 bits per heavy atom. The number of rotatable bonds is 33. The predicted octanol–water partition coefficient (Wildman–Crippen LogP) is 14.1. The molecule has 0 fully saturated rings. The van der Waals surface area contributed by atoms with Crippen molar-refractivity contribution in [2.45, 2.75) is 188 Å². The molecule has 1 N–H and O–H groups in total. The van der Waals surface area contributed by atoms with Crippen molar-refractivity contribution in [1.29, 1.82) is 0 Å². The number of unbranched alkanes of at least 4 members (excludes halogenated alkanes) is 20. The largest absolute Gasteiger partial charge is 0.389 e. The van der Waals surface area contributed by atoms with Gasteiger partial charge in [-0.1, -0.05) is 158 Å². The van der Waals surface area contributed by atoms with Gasteiger partial charge in [0.05, 0.1) is 0 Å². The molecule has 0 aliphatic carbocycles. The van der Waals surface area contributed by atoms with Crippen LogP contribution in [0.2, 0.25) is 0 Å². The van der Waals surface area contributed by atoms with Crippen LogP contribution in [-0.2, 0) is 0 Å². The zero-order chi connectivity index (χ0) is 31.1. The molecule has 0 bridgehead atoms. The fourth-order valence-electron chi connectivity index (χ4n) is 5.71. The molecule has 0 aromatic heterocycles. The maximum absolute atomic E-state index is 4.39. The highest BCUT2D eigenvalue weighted by Crippen LogP contribution is 2.21. The van der Waals surface area contributed by atoms with E-state index in [2.05, 4.69) is 58.5 Å². The summed E-state index contributed by atoms with van der Waals surface area (Å²) in [5.41, 5.74) is 5.32. The summed E-state index contributed by atoms with van der Waals surface area (Å²) in [6.45, 7) is 24.2. The van der Waals surface area contributed by atoms with E-state index >= 15 is 0 Å². The van der Waals surface area contributed by atoms with Crippen LogP contribution in [-0.4, -0.2) is 6.54 Å². The van der Waals surface area contributed by atoms with Gasteiger partial charge in [-0.15, -0.1) is 13.2 Å². The van der Waals surface area contributed by atoms with Crippen molar-refractivity contribution >= 4 is 0 Å². The summed E-state index contributed by atoms with van der Waals surface area (Å²) in [6, 6.07) is 0. The molecule has 1 nitrogen and oxygen atoms in total. The van der Waals surface area contributed by atoms with E-state index in [-0.39, 0.29) is 0 Å². The molecule has 0 saturated heterocycles. The average Bonchev–Trinajstić information content (AvgIpc) is 2.96. The molecule has 0 rings (SSSR count). The van der Waals surface area contributed by atoms with Gasteiger partial charge in [0.15, 0.2) is 0 Å². The minimum Gasteiger partial charge on any atom is -0.389 e. The number of allylic oxidation sites excluding steroid dienone is 6. The molecule has 1 atom stereocenters. The zero-order valence-electron chi connectivity index (χ0n) is 29.2. The maximum atomic E-state index is 4.39. The first-order valence-electron chi connectivity index (χ1n) is 18.4. The lowest BCUT2D eigenvalue weighted by Crippen LogP contribution is -2.14. The highest BCUT2D eigenvalue weighted by molar-refractivity contribution is 5.22. The normalized spacial score (nSPS) is 12.3. The van der Waals surface area contributed by atoms with E-state index in [1.54, 1.807) is 0 Å². The van der Waals surface area contributed by atoms with E-state index in [0.717, 1.165) is 25.8 Å². The van der Waals surface area contributed by atoms with Crippen molar-refractivity contribution in [2.75, 3.05) is 6.54 Å². The lowest BCUT2D eigenvalue weighted by Gasteiger charge is -2.15. The van der Waals surface area contributed by atoms with Crippen molar-refractivity contribution in [1.82, 2.24) is 5.32 Å². The van der Waals surface area contributed by atoms with Crippen LogP contribution in [0, 0.1) is 5.92 Å². The van der Waals surface area contributed by atoms with E-state index < -0.39 is 0 Å². The van der Waals surface area contributed by atoms with Gasteiger partial charge in [0.1, 0.15) is 0 Å². The molecule has 0 heterocycles. The highest BCUT2D eigenvalue weighted by Gasteiger charge is 2.06. The summed E-state index contributed by atoms with van der Waals surface area (Å²) < 4.78 is 0. The number of hydrogen-bond acceptors (Lipinski definition) is 1. The lowest BCUT2D eigenvalue weighted by atomic mass is 9.94. The van der Waals surface area contributed by atoms with Gasteiger partial charge in [0.25, 0.3) is 0 Å². The van der Waals surface area contributed by atoms with Crippen LogP contribution in [0.25, 0.3) is 0 Å². The summed E-state index contributed by atoms with van der Waals surface area (Å²) in [7, 11) is 0. The molecule has 0 aliphatic heterocycles. The van der Waals surface area contributed by atoms with E-state index in [1.807, 2.05) is 6.08 Å². The molecule has 0 aromatic carbocycles. The third-order valence-corrected chi connectivity index (χ3v) is 8.83. The smallest absolute Gasteiger partial charge is 0.0143 e. The van der Waals surface area contributed by atoms with Gasteiger partial charge in [-0.05, 0) is 77.6 Å². The molecule has 1 heteroatoms. The predicted molar refractivity (Wildman–Crippen MR) is 194 cm³/mol. The topological polar surface area (TPSA) is 12.0 Å².